The molecule has 1 saturated carbocycles. The molecule has 0 spiro atoms. The third-order valence-electron chi connectivity index (χ3n) is 5.66. The molecule has 0 aromatic heterocycles. The van der Waals surface area contributed by atoms with Crippen LogP contribution in [0.4, 0.5) is 0 Å². The molecule has 1 N–H and O–H groups in total. The zero-order valence-corrected chi connectivity index (χ0v) is 19.3. The van der Waals surface area contributed by atoms with Crippen LogP contribution in [0.3, 0.4) is 0 Å². The number of alkyl halides is 1. The maximum atomic E-state index is 11.6. The van der Waals surface area contributed by atoms with Crippen LogP contribution in [0.2, 0.25) is 0 Å². The molecule has 1 aromatic carbocycles. The first-order chi connectivity index (χ1) is 13.6. The maximum absolute atomic E-state index is 11.6. The molecule has 0 unspecified atom stereocenters. The lowest BCUT2D eigenvalue weighted by Crippen LogP contribution is -2.19. The van der Waals surface area contributed by atoms with Gasteiger partial charge in [-0.25, -0.2) is 0 Å². The van der Waals surface area contributed by atoms with E-state index in [0.29, 0.717) is 12.8 Å². The van der Waals surface area contributed by atoms with Crippen LogP contribution >= 0.6 is 11.6 Å². The highest BCUT2D eigenvalue weighted by atomic mass is 35.5. The van der Waals surface area contributed by atoms with Gasteiger partial charge < -0.3 is 9.84 Å². The first-order valence-corrected chi connectivity index (χ1v) is 11.3. The van der Waals surface area contributed by atoms with Gasteiger partial charge in [-0.05, 0) is 62.0 Å². The number of aliphatic hydroxyl groups is 1. The molecule has 0 amide bonds. The number of hydrogen-bond acceptors (Lipinski definition) is 3. The molecule has 1 aliphatic rings. The van der Waals surface area contributed by atoms with Gasteiger partial charge in [-0.1, -0.05) is 57.2 Å². The Morgan fingerprint density at radius 2 is 1.90 bits per heavy atom. The molecule has 4 heteroatoms. The lowest BCUT2D eigenvalue weighted by molar-refractivity contribution is -0.147. The number of halogens is 1. The number of aliphatic hydroxyl groups excluding tert-OH is 1. The van der Waals surface area contributed by atoms with Crippen LogP contribution in [-0.4, -0.2) is 28.7 Å². The summed E-state index contributed by atoms with van der Waals surface area (Å²) in [4.78, 5) is 11.6. The van der Waals surface area contributed by atoms with E-state index < -0.39 is 6.10 Å². The van der Waals surface area contributed by atoms with Crippen LogP contribution < -0.4 is 0 Å². The predicted octanol–water partition coefficient (Wildman–Crippen LogP) is 6.12. The normalized spacial score (nSPS) is 25.1. The molecule has 0 saturated heterocycles. The number of esters is 1. The van der Waals surface area contributed by atoms with Gasteiger partial charge in [-0.15, -0.1) is 11.6 Å². The van der Waals surface area contributed by atoms with Crippen molar-refractivity contribution in [3.05, 3.63) is 47.5 Å². The summed E-state index contributed by atoms with van der Waals surface area (Å²) in [5.41, 5.74) is 2.58. The highest BCUT2D eigenvalue weighted by Crippen LogP contribution is 2.45. The van der Waals surface area contributed by atoms with Gasteiger partial charge in [0, 0.05) is 17.7 Å². The van der Waals surface area contributed by atoms with Crippen molar-refractivity contribution in [3.63, 3.8) is 0 Å². The van der Waals surface area contributed by atoms with Crippen LogP contribution in [0.15, 0.2) is 36.4 Å². The number of rotatable bonds is 8. The molecule has 162 valence electrons. The number of allylic oxidation sites excluding steroid dienone is 2. The lowest BCUT2D eigenvalue weighted by atomic mass is 9.82. The van der Waals surface area contributed by atoms with E-state index in [0.717, 1.165) is 19.3 Å². The quantitative estimate of drug-likeness (QED) is 0.238. The van der Waals surface area contributed by atoms with Gasteiger partial charge >= 0.3 is 5.97 Å². The fraction of sp³-hybridized carbons (Fsp3) is 0.640. The smallest absolute Gasteiger partial charge is 0.306 e. The summed E-state index contributed by atoms with van der Waals surface area (Å²) in [6.45, 7) is 10.3. The van der Waals surface area contributed by atoms with Crippen LogP contribution in [0.25, 0.3) is 0 Å². The Kier molecular flexibility index (Phi) is 8.78. The van der Waals surface area contributed by atoms with Crippen molar-refractivity contribution in [3.8, 4) is 0 Å². The second kappa shape index (κ2) is 10.6. The first kappa shape index (κ1) is 24.0. The van der Waals surface area contributed by atoms with E-state index in [1.54, 1.807) is 0 Å². The largest absolute Gasteiger partial charge is 0.463 e. The van der Waals surface area contributed by atoms with Crippen molar-refractivity contribution in [1.29, 1.82) is 0 Å². The summed E-state index contributed by atoms with van der Waals surface area (Å²) in [5.74, 6) is 0.151. The molecule has 0 bridgehead atoms. The minimum atomic E-state index is -0.401. The van der Waals surface area contributed by atoms with Gasteiger partial charge in [0.15, 0.2) is 0 Å². The Balaban J connectivity index is 1.92. The molecule has 1 aliphatic carbocycles. The van der Waals surface area contributed by atoms with E-state index in [1.807, 2.05) is 13.8 Å². The second-order valence-electron chi connectivity index (χ2n) is 9.52. The molecule has 4 atom stereocenters. The van der Waals surface area contributed by atoms with Gasteiger partial charge in [0.05, 0.1) is 12.2 Å². The van der Waals surface area contributed by atoms with Crippen molar-refractivity contribution in [2.24, 2.45) is 5.92 Å². The summed E-state index contributed by atoms with van der Waals surface area (Å²) in [5, 5.41) is 10.6. The van der Waals surface area contributed by atoms with Gasteiger partial charge in [-0.3, -0.25) is 4.79 Å². The van der Waals surface area contributed by atoms with Crippen molar-refractivity contribution >= 4 is 17.6 Å². The van der Waals surface area contributed by atoms with Crippen molar-refractivity contribution in [2.75, 3.05) is 0 Å². The summed E-state index contributed by atoms with van der Waals surface area (Å²) >= 11 is 6.60. The predicted molar refractivity (Wildman–Crippen MR) is 120 cm³/mol. The molecule has 29 heavy (non-hydrogen) atoms. The Morgan fingerprint density at radius 1 is 1.24 bits per heavy atom. The average molecular weight is 421 g/mol. The van der Waals surface area contributed by atoms with Crippen LogP contribution in [0.5, 0.6) is 0 Å². The van der Waals surface area contributed by atoms with E-state index in [4.69, 9.17) is 16.3 Å². The molecule has 3 nitrogen and oxygen atoms in total. The van der Waals surface area contributed by atoms with Crippen molar-refractivity contribution in [2.45, 2.75) is 95.6 Å². The number of unbranched alkanes of at least 4 members (excludes halogenated alkanes) is 1. The number of carbonyl (C=O) groups excluding carboxylic acids is 1. The molecule has 0 heterocycles. The van der Waals surface area contributed by atoms with E-state index in [1.165, 1.54) is 11.1 Å². The number of benzene rings is 1. The third kappa shape index (κ3) is 7.15. The standard InChI is InChI=1S/C25H37ClO3/c1-17(2)29-23(28)11-9-7-6-8-10-20-21(26)16-22(27)24(20)18-12-14-19(15-13-18)25(3,4)5/h6,8,12-15,17,20-22,24,27H,7,9-11,16H2,1-5H3/b8-6-/t20-,21+,22+,24+/m0/s1. The maximum Gasteiger partial charge on any atom is 0.306 e. The van der Waals surface area contributed by atoms with Crippen LogP contribution in [0.1, 0.15) is 83.8 Å². The van der Waals surface area contributed by atoms with Gasteiger partial charge in [0.25, 0.3) is 0 Å². The zero-order chi connectivity index (χ0) is 21.6. The molecule has 0 aliphatic heterocycles. The van der Waals surface area contributed by atoms with E-state index in [9.17, 15) is 9.90 Å². The Morgan fingerprint density at radius 3 is 2.48 bits per heavy atom. The minimum Gasteiger partial charge on any atom is -0.463 e. The van der Waals surface area contributed by atoms with Gasteiger partial charge in [0.2, 0.25) is 0 Å². The van der Waals surface area contributed by atoms with Crippen LogP contribution in [0, 0.1) is 5.92 Å². The molecule has 1 aromatic rings. The van der Waals surface area contributed by atoms with Crippen molar-refractivity contribution in [1.82, 2.24) is 0 Å². The average Bonchev–Trinajstić information content (AvgIpc) is 2.90. The summed E-state index contributed by atoms with van der Waals surface area (Å²) in [6, 6.07) is 8.65. The number of hydrogen-bond donors (Lipinski definition) is 1. The molecule has 2 rings (SSSR count). The zero-order valence-electron chi connectivity index (χ0n) is 18.5. The molecular weight excluding hydrogens is 384 g/mol. The SMILES string of the molecule is CC(C)OC(=O)CCC/C=C\C[C@@H]1[C@@H](c2ccc(C(C)(C)C)cc2)[C@H](O)C[C@H]1Cl. The number of ether oxygens (including phenoxy) is 1. The van der Waals surface area contributed by atoms with E-state index >= 15 is 0 Å². The Hall–Kier alpha value is -1.32. The van der Waals surface area contributed by atoms with Gasteiger partial charge in [0.1, 0.15) is 0 Å². The minimum absolute atomic E-state index is 0.0250. The summed E-state index contributed by atoms with van der Waals surface area (Å²) < 4.78 is 5.15. The number of carbonyl (C=O) groups is 1. The fourth-order valence-corrected chi connectivity index (χ4v) is 4.53. The Labute approximate surface area is 181 Å². The third-order valence-corrected chi connectivity index (χ3v) is 6.16. The second-order valence-corrected chi connectivity index (χ2v) is 10.1. The summed E-state index contributed by atoms with van der Waals surface area (Å²) in [7, 11) is 0. The van der Waals surface area contributed by atoms with E-state index in [2.05, 4.69) is 57.2 Å². The van der Waals surface area contributed by atoms with Gasteiger partial charge in [-0.2, -0.15) is 0 Å². The molecule has 0 radical (unpaired) electrons. The summed E-state index contributed by atoms with van der Waals surface area (Å²) in [6.07, 6.45) is 7.38. The highest BCUT2D eigenvalue weighted by Gasteiger charge is 2.41. The molecular formula is C25H37ClO3. The van der Waals surface area contributed by atoms with Crippen LogP contribution in [-0.2, 0) is 14.9 Å². The topological polar surface area (TPSA) is 46.5 Å². The molecule has 1 fully saturated rings. The lowest BCUT2D eigenvalue weighted by Gasteiger charge is -2.25. The van der Waals surface area contributed by atoms with E-state index in [-0.39, 0.29) is 34.7 Å². The monoisotopic (exact) mass is 420 g/mol. The first-order valence-electron chi connectivity index (χ1n) is 10.9. The Bertz CT molecular complexity index is 672. The van der Waals surface area contributed by atoms with Crippen molar-refractivity contribution < 1.29 is 14.6 Å². The fourth-order valence-electron chi connectivity index (χ4n) is 4.09. The highest BCUT2D eigenvalue weighted by molar-refractivity contribution is 6.21.